The predicted octanol–water partition coefficient (Wildman–Crippen LogP) is 1.29. The van der Waals surface area contributed by atoms with Crippen LogP contribution in [-0.4, -0.2) is 53.3 Å². The highest BCUT2D eigenvalue weighted by molar-refractivity contribution is 5.89. The number of aromatic amines is 1. The zero-order valence-electron chi connectivity index (χ0n) is 12.2. The summed E-state index contributed by atoms with van der Waals surface area (Å²) < 4.78 is 0. The Balaban J connectivity index is 2.07. The highest BCUT2D eigenvalue weighted by Crippen LogP contribution is 2.28. The number of nitrogens with one attached hydrogen (secondary N) is 1. The quantitative estimate of drug-likeness (QED) is 0.864. The summed E-state index contributed by atoms with van der Waals surface area (Å²) in [6, 6.07) is 2.09. The van der Waals surface area contributed by atoms with Crippen LogP contribution in [0, 0.1) is 6.92 Å². The lowest BCUT2D eigenvalue weighted by Gasteiger charge is -2.31. The molecule has 0 unspecified atom stereocenters. The van der Waals surface area contributed by atoms with Gasteiger partial charge in [-0.1, -0.05) is 0 Å². The van der Waals surface area contributed by atoms with Gasteiger partial charge in [0.15, 0.2) is 0 Å². The summed E-state index contributed by atoms with van der Waals surface area (Å²) >= 11 is 0. The van der Waals surface area contributed by atoms with Gasteiger partial charge in [-0.05, 0) is 25.8 Å². The zero-order valence-corrected chi connectivity index (χ0v) is 12.2. The number of H-pyrrole nitrogens is 1. The number of aliphatic hydroxyl groups is 1. The van der Waals surface area contributed by atoms with Gasteiger partial charge < -0.3 is 19.9 Å². The Kier molecular flexibility index (Phi) is 3.25. The molecular weight excluding hydrogens is 254 g/mol. The number of anilines is 2. The van der Waals surface area contributed by atoms with Gasteiger partial charge in [0.25, 0.3) is 0 Å². The highest BCUT2D eigenvalue weighted by Gasteiger charge is 2.22. The van der Waals surface area contributed by atoms with Crippen LogP contribution in [-0.2, 0) is 0 Å². The summed E-state index contributed by atoms with van der Waals surface area (Å²) in [5.74, 6) is 1.68. The Labute approximate surface area is 118 Å². The molecule has 3 rings (SSSR count). The van der Waals surface area contributed by atoms with Gasteiger partial charge in [0.2, 0.25) is 5.95 Å². The van der Waals surface area contributed by atoms with Crippen LogP contribution in [0.15, 0.2) is 6.07 Å². The molecule has 0 bridgehead atoms. The monoisotopic (exact) mass is 275 g/mol. The number of rotatable bonds is 2. The standard InChI is InChI=1S/C14H21N5O/c1-9-8-11-12(15-9)16-14(18(2)3)17-13(11)19-6-4-10(20)5-7-19/h8,10,20H,4-7H2,1-3H3,(H,15,16,17). The van der Waals surface area contributed by atoms with Crippen molar-refractivity contribution >= 4 is 22.8 Å². The number of fused-ring (bicyclic) bond motifs is 1. The van der Waals surface area contributed by atoms with E-state index >= 15 is 0 Å². The van der Waals surface area contributed by atoms with Gasteiger partial charge in [-0.15, -0.1) is 0 Å². The molecule has 1 fully saturated rings. The molecule has 6 nitrogen and oxygen atoms in total. The van der Waals surface area contributed by atoms with Crippen molar-refractivity contribution in [3.8, 4) is 0 Å². The molecule has 0 aromatic carbocycles. The summed E-state index contributed by atoms with van der Waals surface area (Å²) in [6.07, 6.45) is 1.42. The van der Waals surface area contributed by atoms with Crippen molar-refractivity contribution in [1.29, 1.82) is 0 Å². The molecule has 0 amide bonds. The van der Waals surface area contributed by atoms with Crippen molar-refractivity contribution in [2.24, 2.45) is 0 Å². The number of nitrogens with zero attached hydrogens (tertiary/aromatic N) is 4. The van der Waals surface area contributed by atoms with Gasteiger partial charge in [-0.3, -0.25) is 0 Å². The Bertz CT molecular complexity index is 613. The number of aryl methyl sites for hydroxylation is 1. The second kappa shape index (κ2) is 4.94. The van der Waals surface area contributed by atoms with Crippen molar-refractivity contribution in [3.05, 3.63) is 11.8 Å². The molecule has 20 heavy (non-hydrogen) atoms. The molecule has 1 aliphatic heterocycles. The Morgan fingerprint density at radius 1 is 1.30 bits per heavy atom. The first kappa shape index (κ1) is 13.2. The Morgan fingerprint density at radius 2 is 2.00 bits per heavy atom. The molecule has 1 saturated heterocycles. The van der Waals surface area contributed by atoms with E-state index in [2.05, 4.69) is 20.9 Å². The zero-order chi connectivity index (χ0) is 14.3. The molecule has 0 spiro atoms. The van der Waals surface area contributed by atoms with E-state index in [0.29, 0.717) is 5.95 Å². The summed E-state index contributed by atoms with van der Waals surface area (Å²) in [6.45, 7) is 3.70. The van der Waals surface area contributed by atoms with Crippen molar-refractivity contribution in [2.45, 2.75) is 25.9 Å². The number of piperidine rings is 1. The molecule has 0 aliphatic carbocycles. The second-order valence-electron chi connectivity index (χ2n) is 5.67. The molecule has 0 radical (unpaired) electrons. The molecule has 0 atom stereocenters. The molecule has 2 aromatic heterocycles. The maximum Gasteiger partial charge on any atom is 0.228 e. The average molecular weight is 275 g/mol. The molecular formula is C14H21N5O. The van der Waals surface area contributed by atoms with E-state index in [4.69, 9.17) is 4.98 Å². The van der Waals surface area contributed by atoms with Gasteiger partial charge >= 0.3 is 0 Å². The third-order valence-corrected chi connectivity index (χ3v) is 3.75. The van der Waals surface area contributed by atoms with Gasteiger partial charge in [-0.2, -0.15) is 9.97 Å². The summed E-state index contributed by atoms with van der Waals surface area (Å²) in [5.41, 5.74) is 1.96. The van der Waals surface area contributed by atoms with E-state index in [9.17, 15) is 5.11 Å². The predicted molar refractivity (Wildman–Crippen MR) is 80.4 cm³/mol. The fourth-order valence-corrected chi connectivity index (χ4v) is 2.63. The van der Waals surface area contributed by atoms with Crippen molar-refractivity contribution < 1.29 is 5.11 Å². The van der Waals surface area contributed by atoms with Crippen LogP contribution in [0.25, 0.3) is 11.0 Å². The van der Waals surface area contributed by atoms with Crippen LogP contribution in [0.2, 0.25) is 0 Å². The lowest BCUT2D eigenvalue weighted by molar-refractivity contribution is 0.145. The summed E-state index contributed by atoms with van der Waals surface area (Å²) in [7, 11) is 3.89. The maximum absolute atomic E-state index is 9.66. The van der Waals surface area contributed by atoms with Gasteiger partial charge in [0, 0.05) is 32.9 Å². The van der Waals surface area contributed by atoms with Gasteiger partial charge in [0.05, 0.1) is 11.5 Å². The molecule has 2 N–H and O–H groups in total. The molecule has 6 heteroatoms. The van der Waals surface area contributed by atoms with Crippen LogP contribution in [0.4, 0.5) is 11.8 Å². The highest BCUT2D eigenvalue weighted by atomic mass is 16.3. The van der Waals surface area contributed by atoms with E-state index in [-0.39, 0.29) is 6.10 Å². The van der Waals surface area contributed by atoms with E-state index < -0.39 is 0 Å². The third-order valence-electron chi connectivity index (χ3n) is 3.75. The SMILES string of the molecule is Cc1cc2c(N3CCC(O)CC3)nc(N(C)C)nc2[nH]1. The first-order chi connectivity index (χ1) is 9.54. The second-order valence-corrected chi connectivity index (χ2v) is 5.67. The maximum atomic E-state index is 9.66. The molecule has 3 heterocycles. The van der Waals surface area contributed by atoms with Crippen LogP contribution >= 0.6 is 0 Å². The third kappa shape index (κ3) is 2.31. The fraction of sp³-hybridized carbons (Fsp3) is 0.571. The lowest BCUT2D eigenvalue weighted by atomic mass is 10.1. The average Bonchev–Trinajstić information content (AvgIpc) is 2.78. The van der Waals surface area contributed by atoms with E-state index in [0.717, 1.165) is 48.5 Å². The van der Waals surface area contributed by atoms with E-state index in [1.54, 1.807) is 0 Å². The van der Waals surface area contributed by atoms with Gasteiger partial charge in [-0.25, -0.2) is 0 Å². The van der Waals surface area contributed by atoms with Crippen LogP contribution in [0.5, 0.6) is 0 Å². The largest absolute Gasteiger partial charge is 0.393 e. The topological polar surface area (TPSA) is 68.3 Å². The minimum atomic E-state index is -0.176. The Hall–Kier alpha value is -1.82. The Morgan fingerprint density at radius 3 is 2.65 bits per heavy atom. The van der Waals surface area contributed by atoms with Crippen LogP contribution in [0.3, 0.4) is 0 Å². The number of hydrogen-bond donors (Lipinski definition) is 2. The van der Waals surface area contributed by atoms with Crippen molar-refractivity contribution in [2.75, 3.05) is 37.0 Å². The summed E-state index contributed by atoms with van der Waals surface area (Å²) in [4.78, 5) is 16.7. The van der Waals surface area contributed by atoms with Crippen LogP contribution in [0.1, 0.15) is 18.5 Å². The first-order valence-electron chi connectivity index (χ1n) is 7.02. The van der Waals surface area contributed by atoms with Crippen molar-refractivity contribution in [1.82, 2.24) is 15.0 Å². The van der Waals surface area contributed by atoms with E-state index in [1.807, 2.05) is 25.9 Å². The summed E-state index contributed by atoms with van der Waals surface area (Å²) in [5, 5.41) is 10.7. The number of aliphatic hydroxyl groups excluding tert-OH is 1. The molecule has 108 valence electrons. The van der Waals surface area contributed by atoms with Crippen LogP contribution < -0.4 is 9.80 Å². The lowest BCUT2D eigenvalue weighted by Crippen LogP contribution is -2.36. The van der Waals surface area contributed by atoms with Crippen molar-refractivity contribution in [3.63, 3.8) is 0 Å². The molecule has 1 aliphatic rings. The normalized spacial score (nSPS) is 16.9. The molecule has 2 aromatic rings. The van der Waals surface area contributed by atoms with E-state index in [1.165, 1.54) is 0 Å². The number of aromatic nitrogens is 3. The van der Waals surface area contributed by atoms with Gasteiger partial charge in [0.1, 0.15) is 11.5 Å². The fourth-order valence-electron chi connectivity index (χ4n) is 2.63. The number of hydrogen-bond acceptors (Lipinski definition) is 5. The minimum Gasteiger partial charge on any atom is -0.393 e. The first-order valence-corrected chi connectivity index (χ1v) is 7.02. The smallest absolute Gasteiger partial charge is 0.228 e. The molecule has 0 saturated carbocycles. The minimum absolute atomic E-state index is 0.176.